The van der Waals surface area contributed by atoms with Crippen LogP contribution in [0.4, 0.5) is 10.1 Å². The van der Waals surface area contributed by atoms with Gasteiger partial charge in [0.15, 0.2) is 5.82 Å². The largest absolute Gasteiger partial charge is 0.396 e. The zero-order valence-electron chi connectivity index (χ0n) is 15.6. The fourth-order valence-corrected chi connectivity index (χ4v) is 3.24. The van der Waals surface area contributed by atoms with Crippen molar-refractivity contribution in [2.75, 3.05) is 31.6 Å². The minimum Gasteiger partial charge on any atom is -0.396 e. The number of aromatic nitrogens is 3. The highest BCUT2D eigenvalue weighted by Gasteiger charge is 2.22. The van der Waals surface area contributed by atoms with Crippen LogP contribution in [0.2, 0.25) is 5.02 Å². The van der Waals surface area contributed by atoms with E-state index in [4.69, 9.17) is 33.4 Å². The summed E-state index contributed by atoms with van der Waals surface area (Å²) in [7, 11) is 0. The summed E-state index contributed by atoms with van der Waals surface area (Å²) >= 11 is 6.15. The normalized spacial score (nSPS) is 12.0. The number of aromatic amines is 1. The lowest BCUT2D eigenvalue weighted by Crippen LogP contribution is -2.29. The van der Waals surface area contributed by atoms with Crippen LogP contribution >= 0.6 is 11.6 Å². The first-order chi connectivity index (χ1) is 14.0. The molecular formula is C18H23ClFN7O2. The average Bonchev–Trinajstić information content (AvgIpc) is 3.33. The van der Waals surface area contributed by atoms with Gasteiger partial charge in [-0.05, 0) is 12.5 Å². The molecule has 0 atom stereocenters. The molecule has 0 bridgehead atoms. The highest BCUT2D eigenvalue weighted by Crippen LogP contribution is 2.40. The summed E-state index contributed by atoms with van der Waals surface area (Å²) in [4.78, 5) is 0. The molecule has 156 valence electrons. The Morgan fingerprint density at radius 2 is 2.21 bits per heavy atom. The molecule has 0 radical (unpaired) electrons. The number of halogens is 2. The van der Waals surface area contributed by atoms with Crippen molar-refractivity contribution in [2.45, 2.75) is 6.42 Å². The summed E-state index contributed by atoms with van der Waals surface area (Å²) in [6.45, 7) is 0.493. The smallest absolute Gasteiger partial charge is 0.166 e. The van der Waals surface area contributed by atoms with E-state index < -0.39 is 5.82 Å². The van der Waals surface area contributed by atoms with Crippen LogP contribution in [0.1, 0.15) is 6.42 Å². The van der Waals surface area contributed by atoms with Gasteiger partial charge in [0.1, 0.15) is 5.82 Å². The van der Waals surface area contributed by atoms with Gasteiger partial charge in [-0.2, -0.15) is 5.10 Å². The monoisotopic (exact) mass is 423 g/mol. The first-order valence-corrected chi connectivity index (χ1v) is 9.32. The van der Waals surface area contributed by atoms with Gasteiger partial charge < -0.3 is 26.3 Å². The second-order valence-corrected chi connectivity index (χ2v) is 6.77. The van der Waals surface area contributed by atoms with Crippen molar-refractivity contribution in [3.8, 4) is 11.1 Å². The first-order valence-electron chi connectivity index (χ1n) is 8.94. The number of benzene rings is 1. The van der Waals surface area contributed by atoms with E-state index in [2.05, 4.69) is 15.5 Å². The number of hydrogen-bond donors (Lipinski definition) is 6. The van der Waals surface area contributed by atoms with Crippen LogP contribution < -0.4 is 16.9 Å². The van der Waals surface area contributed by atoms with E-state index in [0.29, 0.717) is 29.6 Å². The van der Waals surface area contributed by atoms with E-state index in [9.17, 15) is 0 Å². The van der Waals surface area contributed by atoms with Crippen molar-refractivity contribution in [3.05, 3.63) is 41.7 Å². The van der Waals surface area contributed by atoms with Crippen LogP contribution in [-0.2, 0) is 0 Å². The fraction of sp³-hybridized carbons (Fsp3) is 0.278. The number of rotatable bonds is 9. The molecule has 3 rings (SSSR count). The third kappa shape index (κ3) is 4.30. The highest BCUT2D eigenvalue weighted by atomic mass is 35.5. The van der Waals surface area contributed by atoms with Gasteiger partial charge in [0.25, 0.3) is 0 Å². The van der Waals surface area contributed by atoms with Gasteiger partial charge in [-0.1, -0.05) is 11.6 Å². The SMILES string of the molecule is N/C(=C\N(N)CCO)n1cc(-c2cn[nH]c2)c2c(NCCCO)cc(Cl)c(F)c21. The Morgan fingerprint density at radius 3 is 2.86 bits per heavy atom. The summed E-state index contributed by atoms with van der Waals surface area (Å²) in [6, 6.07) is 1.51. The minimum atomic E-state index is -0.633. The zero-order chi connectivity index (χ0) is 21.0. The summed E-state index contributed by atoms with van der Waals surface area (Å²) < 4.78 is 16.6. The third-order valence-electron chi connectivity index (χ3n) is 4.36. The Labute approximate surface area is 171 Å². The van der Waals surface area contributed by atoms with Crippen molar-refractivity contribution in [1.29, 1.82) is 0 Å². The topological polar surface area (TPSA) is 141 Å². The summed E-state index contributed by atoms with van der Waals surface area (Å²) in [5.74, 6) is 5.29. The molecule has 9 nitrogen and oxygen atoms in total. The molecule has 0 aliphatic heterocycles. The highest BCUT2D eigenvalue weighted by molar-refractivity contribution is 6.32. The van der Waals surface area contributed by atoms with E-state index >= 15 is 4.39 Å². The Morgan fingerprint density at radius 1 is 1.41 bits per heavy atom. The number of H-pyrrole nitrogens is 1. The number of nitrogens with zero attached hydrogens (tertiary/aromatic N) is 3. The van der Waals surface area contributed by atoms with Gasteiger partial charge >= 0.3 is 0 Å². The molecule has 0 saturated heterocycles. The quantitative estimate of drug-likeness (QED) is 0.174. The molecule has 2 aromatic heterocycles. The van der Waals surface area contributed by atoms with Gasteiger partial charge in [0.05, 0.1) is 36.1 Å². The number of fused-ring (bicyclic) bond motifs is 1. The van der Waals surface area contributed by atoms with Crippen LogP contribution in [0.25, 0.3) is 27.9 Å². The van der Waals surface area contributed by atoms with Crippen LogP contribution in [0, 0.1) is 5.82 Å². The van der Waals surface area contributed by atoms with Crippen molar-refractivity contribution in [2.24, 2.45) is 11.6 Å². The molecule has 0 aliphatic carbocycles. The molecule has 1 aromatic carbocycles. The maximum atomic E-state index is 15.1. The number of aliphatic hydroxyl groups excluding tert-OH is 2. The average molecular weight is 424 g/mol. The van der Waals surface area contributed by atoms with E-state index in [1.165, 1.54) is 21.8 Å². The van der Waals surface area contributed by atoms with Crippen LogP contribution in [0.3, 0.4) is 0 Å². The Bertz CT molecular complexity index is 1000. The lowest BCUT2D eigenvalue weighted by molar-refractivity contribution is 0.239. The van der Waals surface area contributed by atoms with Gasteiger partial charge in [-0.25, -0.2) is 10.2 Å². The minimum absolute atomic E-state index is 0.0214. The van der Waals surface area contributed by atoms with Crippen molar-refractivity contribution in [3.63, 3.8) is 0 Å². The molecule has 0 saturated carbocycles. The molecule has 11 heteroatoms. The fourth-order valence-electron chi connectivity index (χ4n) is 3.04. The van der Waals surface area contributed by atoms with Gasteiger partial charge in [-0.15, -0.1) is 0 Å². The predicted molar refractivity (Wildman–Crippen MR) is 111 cm³/mol. The maximum absolute atomic E-state index is 15.1. The number of nitrogens with two attached hydrogens (primary N) is 2. The molecule has 0 spiro atoms. The van der Waals surface area contributed by atoms with Crippen molar-refractivity contribution < 1.29 is 14.6 Å². The first kappa shape index (κ1) is 20.9. The standard InChI is InChI=1S/C18H23ClFN7O2/c19-13-6-14(23-2-1-4-28)16-12(11-7-24-25-8-11)9-27(18(16)17(13)20)15(21)10-26(22)3-5-29/h6-10,23,28-29H,1-5,21-22H2,(H,24,25)/b15-10+. The van der Waals surface area contributed by atoms with E-state index in [1.807, 2.05) is 0 Å². The van der Waals surface area contributed by atoms with E-state index in [1.54, 1.807) is 18.6 Å². The lowest BCUT2D eigenvalue weighted by Gasteiger charge is -2.15. The van der Waals surface area contributed by atoms with Gasteiger partial charge in [0, 0.05) is 47.7 Å². The molecule has 0 unspecified atom stereocenters. The van der Waals surface area contributed by atoms with Crippen LogP contribution in [0.5, 0.6) is 0 Å². The summed E-state index contributed by atoms with van der Waals surface area (Å²) in [5, 5.41) is 29.7. The molecule has 29 heavy (non-hydrogen) atoms. The molecule has 2 heterocycles. The van der Waals surface area contributed by atoms with Crippen LogP contribution in [0.15, 0.2) is 30.9 Å². The Kier molecular flexibility index (Phi) is 6.60. The molecular weight excluding hydrogens is 401 g/mol. The summed E-state index contributed by atoms with van der Waals surface area (Å²) in [5.41, 5.74) is 8.36. The molecule has 0 aliphatic rings. The second-order valence-electron chi connectivity index (χ2n) is 6.36. The Balaban J connectivity index is 2.24. The zero-order valence-corrected chi connectivity index (χ0v) is 16.3. The molecule has 0 amide bonds. The van der Waals surface area contributed by atoms with Crippen molar-refractivity contribution >= 4 is 34.0 Å². The van der Waals surface area contributed by atoms with E-state index in [0.717, 1.165) is 5.56 Å². The number of nitrogens with one attached hydrogen (secondary N) is 2. The number of hydrogen-bond acceptors (Lipinski definition) is 7. The van der Waals surface area contributed by atoms with Crippen LogP contribution in [-0.4, -0.2) is 56.3 Å². The number of aliphatic hydroxyl groups is 2. The van der Waals surface area contributed by atoms with Crippen molar-refractivity contribution in [1.82, 2.24) is 19.8 Å². The summed E-state index contributed by atoms with van der Waals surface area (Å²) in [6.07, 6.45) is 6.89. The second kappa shape index (κ2) is 9.14. The molecule has 0 fully saturated rings. The molecule has 3 aromatic rings. The molecule has 8 N–H and O–H groups in total. The maximum Gasteiger partial charge on any atom is 0.166 e. The Hall–Kier alpha value is -2.79. The number of hydrazine groups is 1. The number of anilines is 1. The lowest BCUT2D eigenvalue weighted by atomic mass is 10.1. The third-order valence-corrected chi connectivity index (χ3v) is 4.63. The predicted octanol–water partition coefficient (Wildman–Crippen LogP) is 1.50. The van der Waals surface area contributed by atoms with E-state index in [-0.39, 0.29) is 36.1 Å². The van der Waals surface area contributed by atoms with Gasteiger partial charge in [-0.3, -0.25) is 9.67 Å². The van der Waals surface area contributed by atoms with Gasteiger partial charge in [0.2, 0.25) is 0 Å².